The third kappa shape index (κ3) is 7.20. The summed E-state index contributed by atoms with van der Waals surface area (Å²) in [4.78, 5) is 27.3. The number of hydrogen-bond acceptors (Lipinski definition) is 7. The summed E-state index contributed by atoms with van der Waals surface area (Å²) in [6, 6.07) is 15.4. The van der Waals surface area contributed by atoms with Crippen LogP contribution in [0.4, 0.5) is 28.0 Å². The first-order chi connectivity index (χ1) is 22.4. The standard InChI is InChI=1S/C34H36F4N2O7S/c1-32(43)21-39(31(42)47-20-22-6-4-3-5-7-22)19-25(32)17-28(41)18-27-12-8-23-16-24(33(2,44)34(36,37)38)9-15-30(23)40(27)48(45,46)29-13-10-26(35)11-14-29/h3-7,9-11,13-16,25,27,43-44H,8,12,17-21H2,1-2H3/t25-,27+,32-,33?/m1/s1. The third-order valence-electron chi connectivity index (χ3n) is 9.11. The highest BCUT2D eigenvalue weighted by molar-refractivity contribution is 7.92. The van der Waals surface area contributed by atoms with Crippen LogP contribution in [0.1, 0.15) is 49.8 Å². The van der Waals surface area contributed by atoms with Gasteiger partial charge in [0.25, 0.3) is 10.0 Å². The van der Waals surface area contributed by atoms with E-state index >= 15 is 0 Å². The van der Waals surface area contributed by atoms with Crippen molar-refractivity contribution < 1.29 is 50.5 Å². The van der Waals surface area contributed by atoms with Crippen LogP contribution in [0.2, 0.25) is 0 Å². The van der Waals surface area contributed by atoms with Crippen molar-refractivity contribution in [1.82, 2.24) is 4.90 Å². The highest BCUT2D eigenvalue weighted by atomic mass is 32.2. The van der Waals surface area contributed by atoms with Gasteiger partial charge >= 0.3 is 12.3 Å². The number of fused-ring (bicyclic) bond motifs is 1. The van der Waals surface area contributed by atoms with Gasteiger partial charge < -0.3 is 19.8 Å². The van der Waals surface area contributed by atoms with Crippen LogP contribution < -0.4 is 4.31 Å². The molecule has 2 aliphatic rings. The number of benzene rings is 3. The van der Waals surface area contributed by atoms with Crippen molar-refractivity contribution in [3.63, 3.8) is 0 Å². The summed E-state index contributed by atoms with van der Waals surface area (Å²) in [7, 11) is -4.45. The first-order valence-electron chi connectivity index (χ1n) is 15.3. The third-order valence-corrected chi connectivity index (χ3v) is 11.0. The zero-order valence-electron chi connectivity index (χ0n) is 26.3. The minimum atomic E-state index is -5.00. The fraction of sp³-hybridized carbons (Fsp3) is 0.412. The molecule has 2 aliphatic heterocycles. The lowest BCUT2D eigenvalue weighted by Gasteiger charge is -2.39. The SMILES string of the molecule is CC(O)(c1ccc2c(c1)CC[C@@H](CC(=O)C[C@@H]1CN(C(=O)OCc3ccccc3)C[C@@]1(C)O)N2S(=O)(=O)c1ccc(F)cc1)C(F)(F)F. The average molecular weight is 693 g/mol. The fourth-order valence-electron chi connectivity index (χ4n) is 6.23. The normalized spacial score (nSPS) is 22.6. The Kier molecular flexibility index (Phi) is 9.65. The summed E-state index contributed by atoms with van der Waals surface area (Å²) >= 11 is 0. The lowest BCUT2D eigenvalue weighted by atomic mass is 9.85. The quantitative estimate of drug-likeness (QED) is 0.285. The number of sulfonamides is 1. The van der Waals surface area contributed by atoms with Crippen LogP contribution in [0.3, 0.4) is 0 Å². The molecule has 1 fully saturated rings. The number of carbonyl (C=O) groups is 2. The van der Waals surface area contributed by atoms with Gasteiger partial charge in [0.05, 0.1) is 28.8 Å². The molecule has 258 valence electrons. The van der Waals surface area contributed by atoms with Crippen LogP contribution in [0, 0.1) is 11.7 Å². The molecule has 0 bridgehead atoms. The second kappa shape index (κ2) is 13.1. The smallest absolute Gasteiger partial charge is 0.421 e. The van der Waals surface area contributed by atoms with Gasteiger partial charge in [-0.2, -0.15) is 13.2 Å². The first-order valence-corrected chi connectivity index (χ1v) is 16.8. The van der Waals surface area contributed by atoms with Crippen molar-refractivity contribution >= 4 is 27.6 Å². The van der Waals surface area contributed by atoms with Gasteiger partial charge in [0.1, 0.15) is 18.2 Å². The second-order valence-electron chi connectivity index (χ2n) is 12.8. The van der Waals surface area contributed by atoms with E-state index in [1.54, 1.807) is 24.3 Å². The minimum Gasteiger partial charge on any atom is -0.445 e. The van der Waals surface area contributed by atoms with Crippen molar-refractivity contribution in [2.75, 3.05) is 17.4 Å². The summed E-state index contributed by atoms with van der Waals surface area (Å²) in [6.07, 6.45) is -5.98. The Bertz CT molecular complexity index is 1760. The molecule has 3 aromatic carbocycles. The minimum absolute atomic E-state index is 0.0265. The second-order valence-corrected chi connectivity index (χ2v) is 14.6. The van der Waals surface area contributed by atoms with Gasteiger partial charge in [-0.1, -0.05) is 42.5 Å². The zero-order valence-corrected chi connectivity index (χ0v) is 27.1. The number of nitrogens with zero attached hydrogens (tertiary/aromatic N) is 2. The van der Waals surface area contributed by atoms with Crippen molar-refractivity contribution in [2.24, 2.45) is 5.92 Å². The largest absolute Gasteiger partial charge is 0.445 e. The number of ketones is 1. The van der Waals surface area contributed by atoms with E-state index in [2.05, 4.69) is 0 Å². The Balaban J connectivity index is 1.36. The number of anilines is 1. The summed E-state index contributed by atoms with van der Waals surface area (Å²) in [6.45, 7) is 2.08. The highest BCUT2D eigenvalue weighted by Crippen LogP contribution is 2.43. The number of aryl methyl sites for hydroxylation is 1. The molecule has 5 rings (SSSR count). The average Bonchev–Trinajstić information content (AvgIpc) is 3.32. The Labute approximate surface area is 275 Å². The Morgan fingerprint density at radius 3 is 2.33 bits per heavy atom. The van der Waals surface area contributed by atoms with Crippen LogP contribution in [0.25, 0.3) is 0 Å². The predicted molar refractivity (Wildman–Crippen MR) is 167 cm³/mol. The van der Waals surface area contributed by atoms with Gasteiger partial charge in [-0.25, -0.2) is 17.6 Å². The van der Waals surface area contributed by atoms with E-state index in [0.717, 1.165) is 46.3 Å². The van der Waals surface area contributed by atoms with Crippen molar-refractivity contribution in [3.8, 4) is 0 Å². The number of Topliss-reactive ketones (excluding diaryl/α,β-unsaturated/α-hetero) is 1. The molecule has 0 aliphatic carbocycles. The van der Waals surface area contributed by atoms with Crippen molar-refractivity contribution in [2.45, 2.75) is 74.5 Å². The Hall–Kier alpha value is -4.01. The number of rotatable bonds is 9. The predicted octanol–water partition coefficient (Wildman–Crippen LogP) is 5.47. The highest BCUT2D eigenvalue weighted by Gasteiger charge is 2.52. The van der Waals surface area contributed by atoms with Gasteiger partial charge in [-0.3, -0.25) is 9.10 Å². The van der Waals surface area contributed by atoms with E-state index in [1.807, 2.05) is 6.07 Å². The molecule has 48 heavy (non-hydrogen) atoms. The van der Waals surface area contributed by atoms with E-state index in [1.165, 1.54) is 17.9 Å². The maximum absolute atomic E-state index is 14.0. The Morgan fingerprint density at radius 1 is 1.02 bits per heavy atom. The molecule has 9 nitrogen and oxygen atoms in total. The monoisotopic (exact) mass is 692 g/mol. The van der Waals surface area contributed by atoms with E-state index in [-0.39, 0.29) is 61.5 Å². The molecular weight excluding hydrogens is 656 g/mol. The molecule has 2 heterocycles. The summed E-state index contributed by atoms with van der Waals surface area (Å²) < 4.78 is 88.8. The molecule has 1 unspecified atom stereocenters. The molecule has 0 radical (unpaired) electrons. The van der Waals surface area contributed by atoms with Gasteiger partial charge in [0, 0.05) is 25.3 Å². The molecule has 3 aromatic rings. The Morgan fingerprint density at radius 2 is 1.69 bits per heavy atom. The van der Waals surface area contributed by atoms with Gasteiger partial charge in [-0.05, 0) is 73.7 Å². The van der Waals surface area contributed by atoms with E-state index < -0.39 is 62.6 Å². The summed E-state index contributed by atoms with van der Waals surface area (Å²) in [5, 5.41) is 21.4. The number of aliphatic hydroxyl groups is 2. The molecule has 14 heteroatoms. The maximum Gasteiger partial charge on any atom is 0.421 e. The number of carbonyl (C=O) groups excluding carboxylic acids is 2. The van der Waals surface area contributed by atoms with Crippen molar-refractivity contribution in [1.29, 1.82) is 0 Å². The number of amides is 1. The maximum atomic E-state index is 14.0. The summed E-state index contributed by atoms with van der Waals surface area (Å²) in [5.41, 5.74) is -4.08. The molecule has 1 saturated heterocycles. The van der Waals surface area contributed by atoms with Gasteiger partial charge in [0.15, 0.2) is 5.60 Å². The van der Waals surface area contributed by atoms with E-state index in [9.17, 15) is 45.8 Å². The lowest BCUT2D eigenvalue weighted by Crippen LogP contribution is -2.45. The number of β-amino-alcohol motifs (C(OH)–C–C–N with tert-alkyl or cyclic N) is 1. The molecule has 4 atom stereocenters. The van der Waals surface area contributed by atoms with Crippen LogP contribution in [-0.4, -0.2) is 66.3 Å². The number of hydrogen-bond donors (Lipinski definition) is 2. The van der Waals surface area contributed by atoms with Gasteiger partial charge in [-0.15, -0.1) is 0 Å². The molecular formula is C34H36F4N2O7S. The first kappa shape index (κ1) is 35.3. The zero-order chi connectivity index (χ0) is 35.1. The molecule has 1 amide bonds. The molecule has 2 N–H and O–H groups in total. The fourth-order valence-corrected chi connectivity index (χ4v) is 7.95. The van der Waals surface area contributed by atoms with Crippen LogP contribution in [0.15, 0.2) is 77.7 Å². The van der Waals surface area contributed by atoms with E-state index in [4.69, 9.17) is 4.74 Å². The number of ether oxygens (including phenoxy) is 1. The van der Waals surface area contributed by atoms with Crippen LogP contribution >= 0.6 is 0 Å². The number of halogens is 4. The summed E-state index contributed by atoms with van der Waals surface area (Å²) in [5.74, 6) is -1.76. The number of likely N-dealkylation sites (tertiary alicyclic amines) is 1. The lowest BCUT2D eigenvalue weighted by molar-refractivity contribution is -0.258. The molecule has 0 saturated carbocycles. The topological polar surface area (TPSA) is 124 Å². The molecule has 0 spiro atoms. The van der Waals surface area contributed by atoms with Crippen LogP contribution in [-0.2, 0) is 38.2 Å². The van der Waals surface area contributed by atoms with Crippen molar-refractivity contribution in [3.05, 3.63) is 95.3 Å². The van der Waals surface area contributed by atoms with E-state index in [0.29, 0.717) is 6.92 Å². The van der Waals surface area contributed by atoms with Crippen LogP contribution in [0.5, 0.6) is 0 Å². The van der Waals surface area contributed by atoms with Gasteiger partial charge in [0.2, 0.25) is 0 Å². The number of alkyl halides is 3. The molecule has 0 aromatic heterocycles.